The molecule has 106 valence electrons. The lowest BCUT2D eigenvalue weighted by Crippen LogP contribution is -2.00. The van der Waals surface area contributed by atoms with Gasteiger partial charge in [-0.2, -0.15) is 5.10 Å². The van der Waals surface area contributed by atoms with Crippen molar-refractivity contribution in [3.63, 3.8) is 0 Å². The van der Waals surface area contributed by atoms with E-state index in [1.165, 1.54) is 11.8 Å². The lowest BCUT2D eigenvalue weighted by Gasteiger charge is -2.07. The number of hydrogen-bond acceptors (Lipinski definition) is 4. The summed E-state index contributed by atoms with van der Waals surface area (Å²) in [7, 11) is 0. The van der Waals surface area contributed by atoms with E-state index in [1.54, 1.807) is 12.4 Å². The van der Waals surface area contributed by atoms with Crippen LogP contribution in [-0.4, -0.2) is 19.7 Å². The summed E-state index contributed by atoms with van der Waals surface area (Å²) in [4.78, 5) is 8.16. The Labute approximate surface area is 127 Å². The summed E-state index contributed by atoms with van der Waals surface area (Å²) in [5.74, 6) is 0.592. The minimum Gasteiger partial charge on any atom is -0.336 e. The molecule has 0 saturated heterocycles. The van der Waals surface area contributed by atoms with Gasteiger partial charge in [-0.05, 0) is 26.0 Å². The Hall–Kier alpha value is -2.40. The van der Waals surface area contributed by atoms with Crippen molar-refractivity contribution in [2.45, 2.75) is 13.8 Å². The number of anilines is 2. The number of nitrogens with zero attached hydrogens (tertiary/aromatic N) is 4. The minimum absolute atomic E-state index is 0.351. The molecule has 0 atom stereocenters. The lowest BCUT2D eigenvalue weighted by atomic mass is 10.2. The molecule has 0 amide bonds. The molecule has 2 aromatic heterocycles. The van der Waals surface area contributed by atoms with E-state index in [0.29, 0.717) is 11.0 Å². The highest BCUT2D eigenvalue weighted by Gasteiger charge is 2.09. The largest absolute Gasteiger partial charge is 0.336 e. The second-order valence-electron chi connectivity index (χ2n) is 4.74. The van der Waals surface area contributed by atoms with Crippen LogP contribution in [0.3, 0.4) is 0 Å². The number of aromatic nitrogens is 4. The molecule has 0 aliphatic heterocycles. The van der Waals surface area contributed by atoms with Gasteiger partial charge in [0.2, 0.25) is 0 Å². The molecule has 5 nitrogen and oxygen atoms in total. The summed E-state index contributed by atoms with van der Waals surface area (Å²) in [6.45, 7) is 4.05. The van der Waals surface area contributed by atoms with Crippen molar-refractivity contribution in [2.75, 3.05) is 5.32 Å². The second kappa shape index (κ2) is 5.54. The average Bonchev–Trinajstić information content (AvgIpc) is 2.81. The van der Waals surface area contributed by atoms with Gasteiger partial charge in [-0.3, -0.25) is 4.98 Å². The summed E-state index contributed by atoms with van der Waals surface area (Å²) < 4.78 is 1.87. The molecule has 0 spiro atoms. The Balaban J connectivity index is 1.90. The maximum Gasteiger partial charge on any atom is 0.150 e. The predicted molar refractivity (Wildman–Crippen MR) is 83.4 cm³/mol. The zero-order valence-corrected chi connectivity index (χ0v) is 12.5. The number of aryl methyl sites for hydroxylation is 1. The fraction of sp³-hybridized carbons (Fsp3) is 0.133. The summed E-state index contributed by atoms with van der Waals surface area (Å²) in [6, 6.07) is 8.20. The van der Waals surface area contributed by atoms with E-state index in [9.17, 15) is 0 Å². The maximum absolute atomic E-state index is 5.83. The Morgan fingerprint density at radius 1 is 1.05 bits per heavy atom. The highest BCUT2D eigenvalue weighted by molar-refractivity contribution is 6.29. The van der Waals surface area contributed by atoms with Gasteiger partial charge in [0, 0.05) is 0 Å². The molecular formula is C15H14ClN5. The van der Waals surface area contributed by atoms with Crippen LogP contribution < -0.4 is 5.32 Å². The van der Waals surface area contributed by atoms with E-state index < -0.39 is 0 Å². The minimum atomic E-state index is 0.351. The van der Waals surface area contributed by atoms with Crippen molar-refractivity contribution in [3.8, 4) is 5.69 Å². The average molecular weight is 300 g/mol. The maximum atomic E-state index is 5.83. The fourth-order valence-corrected chi connectivity index (χ4v) is 2.17. The summed E-state index contributed by atoms with van der Waals surface area (Å²) in [5.41, 5.74) is 4.09. The van der Waals surface area contributed by atoms with Crippen LogP contribution >= 0.6 is 11.6 Å². The standard InChI is InChI=1S/C15H14ClN5/c1-10-3-5-12(6-4-10)21-11(2)13(7-18-21)19-15-9-17-8-14(16)20-15/h3-9H,1-2H3,(H,19,20). The molecule has 3 rings (SSSR count). The summed E-state index contributed by atoms with van der Waals surface area (Å²) in [6.07, 6.45) is 4.88. The molecule has 1 aromatic carbocycles. The molecule has 0 aliphatic carbocycles. The normalized spacial score (nSPS) is 10.6. The Morgan fingerprint density at radius 2 is 1.81 bits per heavy atom. The Morgan fingerprint density at radius 3 is 2.52 bits per heavy atom. The summed E-state index contributed by atoms with van der Waals surface area (Å²) >= 11 is 5.83. The molecule has 0 saturated carbocycles. The van der Waals surface area contributed by atoms with Gasteiger partial charge in [0.05, 0.1) is 35.7 Å². The van der Waals surface area contributed by atoms with Gasteiger partial charge >= 0.3 is 0 Å². The molecule has 0 unspecified atom stereocenters. The fourth-order valence-electron chi connectivity index (χ4n) is 2.02. The van der Waals surface area contributed by atoms with Crippen LogP contribution in [0.5, 0.6) is 0 Å². The van der Waals surface area contributed by atoms with Gasteiger partial charge in [0.1, 0.15) is 5.15 Å². The number of benzene rings is 1. The van der Waals surface area contributed by atoms with Crippen molar-refractivity contribution in [1.82, 2.24) is 19.7 Å². The molecule has 2 heterocycles. The third-order valence-corrected chi connectivity index (χ3v) is 3.34. The monoisotopic (exact) mass is 299 g/mol. The van der Waals surface area contributed by atoms with Gasteiger partial charge in [0.15, 0.2) is 5.82 Å². The van der Waals surface area contributed by atoms with E-state index in [2.05, 4.69) is 39.4 Å². The molecular weight excluding hydrogens is 286 g/mol. The van der Waals surface area contributed by atoms with Crippen LogP contribution in [0.2, 0.25) is 5.15 Å². The van der Waals surface area contributed by atoms with E-state index in [1.807, 2.05) is 23.7 Å². The van der Waals surface area contributed by atoms with E-state index in [-0.39, 0.29) is 0 Å². The number of nitrogens with one attached hydrogen (secondary N) is 1. The van der Waals surface area contributed by atoms with Crippen LogP contribution in [0.1, 0.15) is 11.3 Å². The highest BCUT2D eigenvalue weighted by Crippen LogP contribution is 2.22. The first-order valence-corrected chi connectivity index (χ1v) is 6.87. The molecule has 0 aliphatic rings. The van der Waals surface area contributed by atoms with Crippen molar-refractivity contribution >= 4 is 23.1 Å². The molecule has 3 aromatic rings. The van der Waals surface area contributed by atoms with Crippen molar-refractivity contribution in [2.24, 2.45) is 0 Å². The van der Waals surface area contributed by atoms with Crippen LogP contribution in [0.4, 0.5) is 11.5 Å². The number of hydrogen-bond donors (Lipinski definition) is 1. The molecule has 0 fully saturated rings. The van der Waals surface area contributed by atoms with Gasteiger partial charge in [0.25, 0.3) is 0 Å². The van der Waals surface area contributed by atoms with Gasteiger partial charge < -0.3 is 5.32 Å². The zero-order chi connectivity index (χ0) is 14.8. The van der Waals surface area contributed by atoms with E-state index in [4.69, 9.17) is 11.6 Å². The van der Waals surface area contributed by atoms with Crippen LogP contribution in [-0.2, 0) is 0 Å². The Kier molecular flexibility index (Phi) is 3.58. The van der Waals surface area contributed by atoms with Crippen molar-refractivity contribution < 1.29 is 0 Å². The quantitative estimate of drug-likeness (QED) is 0.801. The summed E-state index contributed by atoms with van der Waals surface area (Å²) in [5, 5.41) is 7.93. The van der Waals surface area contributed by atoms with E-state index in [0.717, 1.165) is 17.1 Å². The predicted octanol–water partition coefficient (Wildman–Crippen LogP) is 3.68. The molecule has 0 radical (unpaired) electrons. The third kappa shape index (κ3) is 2.87. The first-order chi connectivity index (χ1) is 10.1. The molecule has 0 bridgehead atoms. The van der Waals surface area contributed by atoms with Crippen molar-refractivity contribution in [3.05, 3.63) is 59.3 Å². The second-order valence-corrected chi connectivity index (χ2v) is 5.13. The number of rotatable bonds is 3. The highest BCUT2D eigenvalue weighted by atomic mass is 35.5. The first-order valence-electron chi connectivity index (χ1n) is 6.50. The Bertz CT molecular complexity index is 764. The van der Waals surface area contributed by atoms with Crippen LogP contribution in [0.15, 0.2) is 42.9 Å². The third-order valence-electron chi connectivity index (χ3n) is 3.16. The number of halogens is 1. The SMILES string of the molecule is Cc1ccc(-n2ncc(Nc3cncc(Cl)n3)c2C)cc1. The van der Waals surface area contributed by atoms with Gasteiger partial charge in [-0.1, -0.05) is 29.3 Å². The van der Waals surface area contributed by atoms with Gasteiger partial charge in [-0.15, -0.1) is 0 Å². The molecule has 6 heteroatoms. The van der Waals surface area contributed by atoms with Gasteiger partial charge in [-0.25, -0.2) is 9.67 Å². The van der Waals surface area contributed by atoms with E-state index >= 15 is 0 Å². The first kappa shape index (κ1) is 13.6. The van der Waals surface area contributed by atoms with Crippen LogP contribution in [0, 0.1) is 13.8 Å². The van der Waals surface area contributed by atoms with Crippen molar-refractivity contribution in [1.29, 1.82) is 0 Å². The smallest absolute Gasteiger partial charge is 0.150 e. The molecule has 1 N–H and O–H groups in total. The zero-order valence-electron chi connectivity index (χ0n) is 11.7. The lowest BCUT2D eigenvalue weighted by molar-refractivity contribution is 0.847. The topological polar surface area (TPSA) is 55.6 Å². The van der Waals surface area contributed by atoms with Crippen LogP contribution in [0.25, 0.3) is 5.69 Å². The molecule has 21 heavy (non-hydrogen) atoms.